The number of thiazole rings is 1. The Hall–Kier alpha value is -1.40. The van der Waals surface area contributed by atoms with E-state index in [4.69, 9.17) is 5.73 Å². The van der Waals surface area contributed by atoms with Gasteiger partial charge in [-0.25, -0.2) is 4.98 Å². The maximum atomic E-state index is 12.5. The number of amides is 1. The summed E-state index contributed by atoms with van der Waals surface area (Å²) in [6.45, 7) is 2.95. The lowest BCUT2D eigenvalue weighted by Crippen LogP contribution is -2.40. The molecule has 3 heterocycles. The number of nitrogen functional groups attached to an aromatic ring is 1. The number of rotatable bonds is 3. The van der Waals surface area contributed by atoms with Crippen molar-refractivity contribution in [3.63, 3.8) is 0 Å². The van der Waals surface area contributed by atoms with Crippen LogP contribution < -0.4 is 5.73 Å². The molecule has 2 N–H and O–H groups in total. The molecular formula is C14H17N3OS2. The molecule has 2 aromatic rings. The highest BCUT2D eigenvalue weighted by Crippen LogP contribution is 2.35. The maximum Gasteiger partial charge on any atom is 0.229 e. The van der Waals surface area contributed by atoms with Crippen molar-refractivity contribution >= 4 is 33.7 Å². The maximum absolute atomic E-state index is 12.5. The van der Waals surface area contributed by atoms with Crippen LogP contribution in [0.15, 0.2) is 16.8 Å². The van der Waals surface area contributed by atoms with Crippen LogP contribution in [0, 0.1) is 0 Å². The average Bonchev–Trinajstić information content (AvgIpc) is 3.06. The van der Waals surface area contributed by atoms with Crippen molar-refractivity contribution in [1.82, 2.24) is 9.88 Å². The Morgan fingerprint density at radius 2 is 2.40 bits per heavy atom. The number of thiophene rings is 1. The molecule has 3 rings (SSSR count). The molecule has 1 aliphatic heterocycles. The van der Waals surface area contributed by atoms with E-state index in [9.17, 15) is 4.79 Å². The molecule has 0 fully saturated rings. The first-order chi connectivity index (χ1) is 9.69. The van der Waals surface area contributed by atoms with Crippen molar-refractivity contribution in [2.45, 2.75) is 32.2 Å². The number of carbonyl (C=O) groups is 1. The van der Waals surface area contributed by atoms with E-state index >= 15 is 0 Å². The van der Waals surface area contributed by atoms with Crippen molar-refractivity contribution in [3.05, 3.63) is 33.0 Å². The Kier molecular flexibility index (Phi) is 3.76. The van der Waals surface area contributed by atoms with Crippen LogP contribution in [0.1, 0.15) is 35.5 Å². The standard InChI is InChI=1S/C14H17N3OS2/c1-2-11-10-4-6-19-12(10)3-5-17(11)13(18)7-9-8-20-14(15)16-9/h4,6,8,11H,2-3,5,7H2,1H3,(H2,15,16). The number of hydrogen-bond donors (Lipinski definition) is 1. The van der Waals surface area contributed by atoms with Gasteiger partial charge in [0.25, 0.3) is 0 Å². The third kappa shape index (κ3) is 2.45. The van der Waals surface area contributed by atoms with Crippen molar-refractivity contribution in [3.8, 4) is 0 Å². The van der Waals surface area contributed by atoms with Crippen molar-refractivity contribution in [2.75, 3.05) is 12.3 Å². The van der Waals surface area contributed by atoms with Gasteiger partial charge >= 0.3 is 0 Å². The van der Waals surface area contributed by atoms with Gasteiger partial charge in [0, 0.05) is 16.8 Å². The molecule has 0 aromatic carbocycles. The molecule has 1 amide bonds. The molecular weight excluding hydrogens is 290 g/mol. The third-order valence-corrected chi connectivity index (χ3v) is 5.42. The SMILES string of the molecule is CCC1c2ccsc2CCN1C(=O)Cc1csc(N)n1. The summed E-state index contributed by atoms with van der Waals surface area (Å²) in [4.78, 5) is 20.1. The fourth-order valence-electron chi connectivity index (χ4n) is 2.80. The Morgan fingerprint density at radius 3 is 3.10 bits per heavy atom. The molecule has 1 unspecified atom stereocenters. The number of nitrogens with two attached hydrogens (primary N) is 1. The van der Waals surface area contributed by atoms with Gasteiger partial charge in [-0.05, 0) is 29.9 Å². The fraction of sp³-hybridized carbons (Fsp3) is 0.429. The summed E-state index contributed by atoms with van der Waals surface area (Å²) in [5.41, 5.74) is 7.73. The summed E-state index contributed by atoms with van der Waals surface area (Å²) in [5.74, 6) is 0.152. The summed E-state index contributed by atoms with van der Waals surface area (Å²) < 4.78 is 0. The molecule has 6 heteroatoms. The summed E-state index contributed by atoms with van der Waals surface area (Å²) in [6.07, 6.45) is 2.27. The molecule has 106 valence electrons. The first-order valence-corrected chi connectivity index (χ1v) is 8.50. The van der Waals surface area contributed by atoms with Gasteiger partial charge in [0.2, 0.25) is 5.91 Å². The lowest BCUT2D eigenvalue weighted by Gasteiger charge is -2.35. The number of hydrogen-bond acceptors (Lipinski definition) is 5. The minimum absolute atomic E-state index is 0.152. The number of carbonyl (C=O) groups excluding carboxylic acids is 1. The summed E-state index contributed by atoms with van der Waals surface area (Å²) in [6, 6.07) is 2.38. The molecule has 20 heavy (non-hydrogen) atoms. The molecule has 0 spiro atoms. The van der Waals surface area contributed by atoms with Crippen LogP contribution >= 0.6 is 22.7 Å². The molecule has 0 aliphatic carbocycles. The van der Waals surface area contributed by atoms with Crippen molar-refractivity contribution in [2.24, 2.45) is 0 Å². The van der Waals surface area contributed by atoms with Crippen molar-refractivity contribution < 1.29 is 4.79 Å². The number of aromatic nitrogens is 1. The van der Waals surface area contributed by atoms with Crippen LogP contribution in [0.3, 0.4) is 0 Å². The van der Waals surface area contributed by atoms with E-state index in [0.29, 0.717) is 11.6 Å². The summed E-state index contributed by atoms with van der Waals surface area (Å²) in [5, 5.41) is 4.52. The van der Waals surface area contributed by atoms with Gasteiger partial charge in [-0.15, -0.1) is 22.7 Å². The largest absolute Gasteiger partial charge is 0.375 e. The Balaban J connectivity index is 1.78. The Bertz CT molecular complexity index is 619. The molecule has 0 saturated heterocycles. The van der Waals surface area contributed by atoms with Crippen LogP contribution in [0.25, 0.3) is 0 Å². The smallest absolute Gasteiger partial charge is 0.229 e. The van der Waals surface area contributed by atoms with Crippen LogP contribution in [-0.2, 0) is 17.6 Å². The Morgan fingerprint density at radius 1 is 1.55 bits per heavy atom. The van der Waals surface area contributed by atoms with Gasteiger partial charge < -0.3 is 10.6 Å². The van der Waals surface area contributed by atoms with E-state index in [0.717, 1.165) is 25.1 Å². The second-order valence-corrected chi connectivity index (χ2v) is 6.80. The lowest BCUT2D eigenvalue weighted by atomic mass is 9.97. The quantitative estimate of drug-likeness (QED) is 0.948. The number of fused-ring (bicyclic) bond motifs is 1. The predicted octanol–water partition coefficient (Wildman–Crippen LogP) is 2.87. The zero-order chi connectivity index (χ0) is 14.1. The zero-order valence-corrected chi connectivity index (χ0v) is 13.0. The normalized spacial score (nSPS) is 18.1. The van der Waals surface area contributed by atoms with E-state index in [1.165, 1.54) is 21.8 Å². The average molecular weight is 307 g/mol. The minimum Gasteiger partial charge on any atom is -0.375 e. The molecule has 0 bridgehead atoms. The van der Waals surface area contributed by atoms with E-state index in [1.807, 2.05) is 10.3 Å². The monoisotopic (exact) mass is 307 g/mol. The Labute approximate surface area is 126 Å². The van der Waals surface area contributed by atoms with Gasteiger partial charge in [0.05, 0.1) is 18.2 Å². The number of anilines is 1. The molecule has 4 nitrogen and oxygen atoms in total. The second kappa shape index (κ2) is 5.54. The molecule has 1 aliphatic rings. The molecule has 0 radical (unpaired) electrons. The lowest BCUT2D eigenvalue weighted by molar-refractivity contribution is -0.133. The van der Waals surface area contributed by atoms with Crippen LogP contribution in [-0.4, -0.2) is 22.3 Å². The highest BCUT2D eigenvalue weighted by molar-refractivity contribution is 7.13. The van der Waals surface area contributed by atoms with Crippen molar-refractivity contribution in [1.29, 1.82) is 0 Å². The topological polar surface area (TPSA) is 59.2 Å². The van der Waals surface area contributed by atoms with Crippen LogP contribution in [0.4, 0.5) is 5.13 Å². The van der Waals surface area contributed by atoms with E-state index < -0.39 is 0 Å². The van der Waals surface area contributed by atoms with Gasteiger partial charge in [0.15, 0.2) is 5.13 Å². The zero-order valence-electron chi connectivity index (χ0n) is 11.3. The molecule has 1 atom stereocenters. The highest BCUT2D eigenvalue weighted by Gasteiger charge is 2.30. The predicted molar refractivity (Wildman–Crippen MR) is 83.0 cm³/mol. The third-order valence-electron chi connectivity index (χ3n) is 3.70. The van der Waals surface area contributed by atoms with Gasteiger partial charge in [-0.3, -0.25) is 4.79 Å². The van der Waals surface area contributed by atoms with Gasteiger partial charge in [-0.2, -0.15) is 0 Å². The first kappa shape index (κ1) is 13.6. The van der Waals surface area contributed by atoms with E-state index in [1.54, 1.807) is 11.3 Å². The van der Waals surface area contributed by atoms with Crippen LogP contribution in [0.2, 0.25) is 0 Å². The highest BCUT2D eigenvalue weighted by atomic mass is 32.1. The minimum atomic E-state index is 0.152. The number of nitrogens with zero attached hydrogens (tertiary/aromatic N) is 2. The van der Waals surface area contributed by atoms with Gasteiger partial charge in [0.1, 0.15) is 0 Å². The second-order valence-electron chi connectivity index (χ2n) is 4.91. The fourth-order valence-corrected chi connectivity index (χ4v) is 4.29. The molecule has 0 saturated carbocycles. The van der Waals surface area contributed by atoms with Gasteiger partial charge in [-0.1, -0.05) is 6.92 Å². The summed E-state index contributed by atoms with van der Waals surface area (Å²) in [7, 11) is 0. The molecule has 2 aromatic heterocycles. The first-order valence-electron chi connectivity index (χ1n) is 6.74. The van der Waals surface area contributed by atoms with E-state index in [2.05, 4.69) is 23.4 Å². The van der Waals surface area contributed by atoms with Crippen LogP contribution in [0.5, 0.6) is 0 Å². The van der Waals surface area contributed by atoms with E-state index in [-0.39, 0.29) is 11.9 Å². The summed E-state index contributed by atoms with van der Waals surface area (Å²) >= 11 is 3.19.